The monoisotopic (exact) mass is 182 g/mol. The van der Waals surface area contributed by atoms with Crippen molar-refractivity contribution in [3.05, 3.63) is 23.0 Å². The van der Waals surface area contributed by atoms with Crippen molar-refractivity contribution < 1.29 is 9.53 Å². The Labute approximate surface area is 77.1 Å². The van der Waals surface area contributed by atoms with Crippen LogP contribution in [0.4, 0.5) is 0 Å². The van der Waals surface area contributed by atoms with Crippen LogP contribution in [0.5, 0.6) is 0 Å². The van der Waals surface area contributed by atoms with Gasteiger partial charge in [-0.1, -0.05) is 0 Å². The Bertz CT molecular complexity index is 317. The molecule has 0 saturated carbocycles. The van der Waals surface area contributed by atoms with Gasteiger partial charge in [-0.05, 0) is 19.9 Å². The van der Waals surface area contributed by atoms with Crippen LogP contribution in [0.2, 0.25) is 0 Å². The highest BCUT2D eigenvalue weighted by atomic mass is 16.5. The molecule has 4 heteroatoms. The van der Waals surface area contributed by atoms with Crippen molar-refractivity contribution in [1.29, 1.82) is 0 Å². The van der Waals surface area contributed by atoms with E-state index in [0.717, 1.165) is 17.0 Å². The van der Waals surface area contributed by atoms with Crippen LogP contribution in [0.25, 0.3) is 0 Å². The van der Waals surface area contributed by atoms with Gasteiger partial charge in [-0.2, -0.15) is 0 Å². The minimum Gasteiger partial charge on any atom is -0.468 e. The molecular weight excluding hydrogens is 168 g/mol. The third-order valence-electron chi connectivity index (χ3n) is 1.98. The Morgan fingerprint density at radius 2 is 2.23 bits per heavy atom. The fraction of sp³-hybridized carbons (Fsp3) is 0.444. The van der Waals surface area contributed by atoms with Gasteiger partial charge < -0.3 is 15.5 Å². The lowest BCUT2D eigenvalue weighted by atomic mass is 10.1. The average Bonchev–Trinajstić information content (AvgIpc) is 2.42. The van der Waals surface area contributed by atoms with Gasteiger partial charge in [0.2, 0.25) is 0 Å². The number of carbonyl (C=O) groups excluding carboxylic acids is 1. The van der Waals surface area contributed by atoms with Crippen LogP contribution >= 0.6 is 0 Å². The van der Waals surface area contributed by atoms with Gasteiger partial charge in [0.1, 0.15) is 6.04 Å². The van der Waals surface area contributed by atoms with Gasteiger partial charge in [0, 0.05) is 17.0 Å². The Morgan fingerprint density at radius 3 is 2.62 bits per heavy atom. The molecule has 1 rings (SSSR count). The number of esters is 1. The number of rotatable bonds is 2. The molecule has 0 bridgehead atoms. The molecule has 13 heavy (non-hydrogen) atoms. The van der Waals surface area contributed by atoms with E-state index in [1.54, 1.807) is 0 Å². The van der Waals surface area contributed by atoms with Gasteiger partial charge in [-0.3, -0.25) is 4.79 Å². The summed E-state index contributed by atoms with van der Waals surface area (Å²) in [5.41, 5.74) is 8.37. The number of ether oxygens (including phenoxy) is 1. The predicted octanol–water partition coefficient (Wildman–Crippen LogP) is 0.804. The first-order chi connectivity index (χ1) is 6.06. The van der Waals surface area contributed by atoms with Gasteiger partial charge in [-0.25, -0.2) is 0 Å². The molecule has 3 N–H and O–H groups in total. The minimum absolute atomic E-state index is 0.415. The number of aryl methyl sites for hydroxylation is 2. The summed E-state index contributed by atoms with van der Waals surface area (Å²) in [6, 6.07) is 1.17. The zero-order valence-corrected chi connectivity index (χ0v) is 8.05. The van der Waals surface area contributed by atoms with Gasteiger partial charge in [-0.15, -0.1) is 0 Å². The molecule has 72 valence electrons. The van der Waals surface area contributed by atoms with E-state index in [1.807, 2.05) is 19.9 Å². The summed E-state index contributed by atoms with van der Waals surface area (Å²) in [7, 11) is 1.33. The number of nitrogens with two attached hydrogens (primary N) is 1. The number of carbonyl (C=O) groups is 1. The summed E-state index contributed by atoms with van der Waals surface area (Å²) >= 11 is 0. The van der Waals surface area contributed by atoms with Crippen molar-refractivity contribution >= 4 is 5.97 Å². The maximum Gasteiger partial charge on any atom is 0.327 e. The van der Waals surface area contributed by atoms with Crippen LogP contribution in [0, 0.1) is 13.8 Å². The van der Waals surface area contributed by atoms with Gasteiger partial charge in [0.15, 0.2) is 0 Å². The van der Waals surface area contributed by atoms with Crippen molar-refractivity contribution in [2.75, 3.05) is 7.11 Å². The Kier molecular flexibility index (Phi) is 2.72. The lowest BCUT2D eigenvalue weighted by molar-refractivity contribution is -0.142. The minimum atomic E-state index is -0.685. The van der Waals surface area contributed by atoms with E-state index in [4.69, 9.17) is 5.73 Å². The third-order valence-corrected chi connectivity index (χ3v) is 1.98. The second kappa shape index (κ2) is 3.62. The van der Waals surface area contributed by atoms with E-state index in [9.17, 15) is 4.79 Å². The molecular formula is C9H14N2O2. The van der Waals surface area contributed by atoms with Gasteiger partial charge in [0.25, 0.3) is 0 Å². The normalized spacial score (nSPS) is 12.6. The lowest BCUT2D eigenvalue weighted by Gasteiger charge is -2.07. The molecule has 1 aromatic rings. The Hall–Kier alpha value is -1.29. The van der Waals surface area contributed by atoms with E-state index in [-0.39, 0.29) is 0 Å². The quantitative estimate of drug-likeness (QED) is 0.665. The maximum absolute atomic E-state index is 11.1. The first kappa shape index (κ1) is 9.80. The van der Waals surface area contributed by atoms with Crippen molar-refractivity contribution in [3.8, 4) is 0 Å². The Balaban J connectivity index is 2.94. The molecule has 1 heterocycles. The summed E-state index contributed by atoms with van der Waals surface area (Å²) in [6.45, 7) is 3.80. The van der Waals surface area contributed by atoms with E-state index < -0.39 is 12.0 Å². The zero-order valence-electron chi connectivity index (χ0n) is 8.05. The summed E-state index contributed by atoms with van der Waals surface area (Å²) < 4.78 is 4.55. The molecule has 0 spiro atoms. The van der Waals surface area contributed by atoms with E-state index in [1.165, 1.54) is 7.11 Å². The highest BCUT2D eigenvalue weighted by Crippen LogP contribution is 2.17. The number of hydrogen-bond acceptors (Lipinski definition) is 3. The van der Waals surface area contributed by atoms with E-state index in [0.29, 0.717) is 0 Å². The van der Waals surface area contributed by atoms with Crippen molar-refractivity contribution in [3.63, 3.8) is 0 Å². The largest absolute Gasteiger partial charge is 0.468 e. The Morgan fingerprint density at radius 1 is 1.62 bits per heavy atom. The number of hydrogen-bond donors (Lipinski definition) is 2. The fourth-order valence-electron chi connectivity index (χ4n) is 1.32. The smallest absolute Gasteiger partial charge is 0.327 e. The van der Waals surface area contributed by atoms with Crippen LogP contribution in [-0.4, -0.2) is 18.1 Å². The zero-order chi connectivity index (χ0) is 10.0. The first-order valence-corrected chi connectivity index (χ1v) is 4.05. The fourth-order valence-corrected chi connectivity index (χ4v) is 1.32. The summed E-state index contributed by atoms with van der Waals surface area (Å²) in [6.07, 6.45) is 0. The highest BCUT2D eigenvalue weighted by Gasteiger charge is 2.19. The topological polar surface area (TPSA) is 68.1 Å². The van der Waals surface area contributed by atoms with Crippen LogP contribution in [-0.2, 0) is 9.53 Å². The third kappa shape index (κ3) is 1.89. The SMILES string of the molecule is COC(=O)C(N)c1cc(C)[nH]c1C. The molecule has 0 aliphatic carbocycles. The predicted molar refractivity (Wildman–Crippen MR) is 49.2 cm³/mol. The molecule has 0 aliphatic rings. The maximum atomic E-state index is 11.1. The second-order valence-corrected chi connectivity index (χ2v) is 3.03. The molecule has 0 fully saturated rings. The molecule has 0 saturated heterocycles. The second-order valence-electron chi connectivity index (χ2n) is 3.03. The van der Waals surface area contributed by atoms with E-state index >= 15 is 0 Å². The molecule has 1 aromatic heterocycles. The molecule has 4 nitrogen and oxygen atoms in total. The van der Waals surface area contributed by atoms with E-state index in [2.05, 4.69) is 9.72 Å². The molecule has 0 aliphatic heterocycles. The molecule has 0 amide bonds. The van der Waals surface area contributed by atoms with Crippen molar-refractivity contribution in [1.82, 2.24) is 4.98 Å². The summed E-state index contributed by atoms with van der Waals surface area (Å²) in [4.78, 5) is 14.2. The standard InChI is InChI=1S/C9H14N2O2/c1-5-4-7(6(2)11-5)8(10)9(12)13-3/h4,8,11H,10H2,1-3H3. The lowest BCUT2D eigenvalue weighted by Crippen LogP contribution is -2.22. The van der Waals surface area contributed by atoms with Crippen molar-refractivity contribution in [2.45, 2.75) is 19.9 Å². The number of nitrogens with one attached hydrogen (secondary N) is 1. The van der Waals surface area contributed by atoms with Gasteiger partial charge >= 0.3 is 5.97 Å². The molecule has 1 atom stereocenters. The molecule has 1 unspecified atom stereocenters. The van der Waals surface area contributed by atoms with Crippen LogP contribution in [0.1, 0.15) is 23.0 Å². The number of H-pyrrole nitrogens is 1. The summed E-state index contributed by atoms with van der Waals surface area (Å²) in [5, 5.41) is 0. The first-order valence-electron chi connectivity index (χ1n) is 4.05. The van der Waals surface area contributed by atoms with Crippen LogP contribution < -0.4 is 5.73 Å². The molecule has 0 aromatic carbocycles. The van der Waals surface area contributed by atoms with Crippen LogP contribution in [0.15, 0.2) is 6.07 Å². The number of methoxy groups -OCH3 is 1. The van der Waals surface area contributed by atoms with Crippen molar-refractivity contribution in [2.24, 2.45) is 5.73 Å². The van der Waals surface area contributed by atoms with Gasteiger partial charge in [0.05, 0.1) is 7.11 Å². The average molecular weight is 182 g/mol. The molecule has 0 radical (unpaired) electrons. The highest BCUT2D eigenvalue weighted by molar-refractivity contribution is 5.77. The van der Waals surface area contributed by atoms with Crippen LogP contribution in [0.3, 0.4) is 0 Å². The number of aromatic amines is 1. The number of aromatic nitrogens is 1. The summed E-state index contributed by atoms with van der Waals surface area (Å²) in [5.74, 6) is -0.415.